The Morgan fingerprint density at radius 3 is 2.86 bits per heavy atom. The normalized spacial score (nSPS) is 10.8. The van der Waals surface area contributed by atoms with Crippen molar-refractivity contribution in [2.24, 2.45) is 7.05 Å². The molecule has 0 bridgehead atoms. The zero-order valence-electron chi connectivity index (χ0n) is 11.8. The van der Waals surface area contributed by atoms with Crippen molar-refractivity contribution in [2.45, 2.75) is 6.92 Å². The van der Waals surface area contributed by atoms with Gasteiger partial charge in [0.1, 0.15) is 4.88 Å². The third kappa shape index (κ3) is 3.76. The zero-order valence-corrected chi connectivity index (χ0v) is 12.6. The van der Waals surface area contributed by atoms with Crippen molar-refractivity contribution in [3.63, 3.8) is 0 Å². The third-order valence-corrected chi connectivity index (χ3v) is 3.60. The standard InChI is InChI=1S/C13H14N4O3S/c1-8-11(12(19)20-3)21-13(15-8)16-10(18)5-4-9-6-14-17(2)7-9/h4-7H,1-3H3,(H,15,16,18)/b5-4+. The average molecular weight is 306 g/mol. The largest absolute Gasteiger partial charge is 0.465 e. The van der Waals surface area contributed by atoms with Crippen LogP contribution >= 0.6 is 11.3 Å². The van der Waals surface area contributed by atoms with Crippen molar-refractivity contribution >= 4 is 34.4 Å². The molecular weight excluding hydrogens is 292 g/mol. The van der Waals surface area contributed by atoms with E-state index in [2.05, 4.69) is 20.1 Å². The molecule has 0 aromatic carbocycles. The van der Waals surface area contributed by atoms with E-state index in [9.17, 15) is 9.59 Å². The maximum absolute atomic E-state index is 11.8. The van der Waals surface area contributed by atoms with E-state index in [0.29, 0.717) is 15.7 Å². The molecule has 0 spiro atoms. The number of carbonyl (C=O) groups is 2. The molecule has 0 saturated carbocycles. The highest BCUT2D eigenvalue weighted by Gasteiger charge is 2.16. The van der Waals surface area contributed by atoms with Gasteiger partial charge in [-0.2, -0.15) is 5.10 Å². The molecule has 0 fully saturated rings. The summed E-state index contributed by atoms with van der Waals surface area (Å²) < 4.78 is 6.28. The lowest BCUT2D eigenvalue weighted by Gasteiger charge is -1.95. The summed E-state index contributed by atoms with van der Waals surface area (Å²) >= 11 is 1.08. The number of anilines is 1. The summed E-state index contributed by atoms with van der Waals surface area (Å²) in [4.78, 5) is 27.7. The number of aryl methyl sites for hydroxylation is 2. The number of carbonyl (C=O) groups excluding carboxylic acids is 2. The number of hydrogen-bond donors (Lipinski definition) is 1. The van der Waals surface area contributed by atoms with Crippen molar-refractivity contribution in [3.05, 3.63) is 34.6 Å². The number of ether oxygens (including phenoxy) is 1. The first-order valence-electron chi connectivity index (χ1n) is 6.03. The van der Waals surface area contributed by atoms with Crippen LogP contribution in [0.1, 0.15) is 20.9 Å². The number of amides is 1. The first kappa shape index (κ1) is 14.9. The Balaban J connectivity index is 2.03. The predicted octanol–water partition coefficient (Wildman–Crippen LogP) is 1.62. The van der Waals surface area contributed by atoms with E-state index < -0.39 is 5.97 Å². The van der Waals surface area contributed by atoms with Crippen LogP contribution in [0.5, 0.6) is 0 Å². The van der Waals surface area contributed by atoms with E-state index in [4.69, 9.17) is 0 Å². The van der Waals surface area contributed by atoms with Crippen LogP contribution < -0.4 is 5.32 Å². The Labute approximate surface area is 125 Å². The van der Waals surface area contributed by atoms with Crippen LogP contribution in [0.15, 0.2) is 18.5 Å². The molecule has 0 aliphatic carbocycles. The van der Waals surface area contributed by atoms with Gasteiger partial charge in [0.05, 0.1) is 19.0 Å². The fraction of sp³-hybridized carbons (Fsp3) is 0.231. The summed E-state index contributed by atoms with van der Waals surface area (Å²) in [7, 11) is 3.10. The fourth-order valence-corrected chi connectivity index (χ4v) is 2.46. The lowest BCUT2D eigenvalue weighted by atomic mass is 10.3. The van der Waals surface area contributed by atoms with Gasteiger partial charge in [-0.15, -0.1) is 0 Å². The van der Waals surface area contributed by atoms with Crippen LogP contribution in [-0.4, -0.2) is 33.8 Å². The minimum atomic E-state index is -0.462. The van der Waals surface area contributed by atoms with Crippen molar-refractivity contribution in [1.29, 1.82) is 0 Å². The van der Waals surface area contributed by atoms with Crippen molar-refractivity contribution in [3.8, 4) is 0 Å². The fourth-order valence-electron chi connectivity index (χ4n) is 1.58. The Hall–Kier alpha value is -2.48. The highest BCUT2D eigenvalue weighted by Crippen LogP contribution is 2.23. The maximum Gasteiger partial charge on any atom is 0.350 e. The van der Waals surface area contributed by atoms with Gasteiger partial charge in [-0.05, 0) is 13.0 Å². The lowest BCUT2D eigenvalue weighted by molar-refractivity contribution is -0.111. The quantitative estimate of drug-likeness (QED) is 0.685. The predicted molar refractivity (Wildman–Crippen MR) is 79.1 cm³/mol. The van der Waals surface area contributed by atoms with Crippen LogP contribution in [0.3, 0.4) is 0 Å². The monoisotopic (exact) mass is 306 g/mol. The first-order chi connectivity index (χ1) is 9.99. The summed E-state index contributed by atoms with van der Waals surface area (Å²) in [6.07, 6.45) is 6.45. The highest BCUT2D eigenvalue weighted by molar-refractivity contribution is 7.17. The Bertz CT molecular complexity index is 702. The number of nitrogens with zero attached hydrogens (tertiary/aromatic N) is 3. The number of nitrogens with one attached hydrogen (secondary N) is 1. The van der Waals surface area contributed by atoms with Gasteiger partial charge in [-0.1, -0.05) is 11.3 Å². The number of rotatable bonds is 4. The van der Waals surface area contributed by atoms with Crippen LogP contribution in [0.2, 0.25) is 0 Å². The number of esters is 1. The van der Waals surface area contributed by atoms with Crippen LogP contribution in [0, 0.1) is 6.92 Å². The second-order valence-corrected chi connectivity index (χ2v) is 5.19. The molecule has 1 amide bonds. The number of hydrogen-bond acceptors (Lipinski definition) is 6. The SMILES string of the molecule is COC(=O)c1sc(NC(=O)/C=C/c2cnn(C)c2)nc1C. The second kappa shape index (κ2) is 6.31. The molecule has 0 saturated heterocycles. The molecule has 21 heavy (non-hydrogen) atoms. The molecule has 1 N–H and O–H groups in total. The van der Waals surface area contributed by atoms with E-state index in [1.807, 2.05) is 0 Å². The zero-order chi connectivity index (χ0) is 15.4. The van der Waals surface area contributed by atoms with Gasteiger partial charge in [0, 0.05) is 24.9 Å². The molecule has 2 aromatic heterocycles. The number of thiazole rings is 1. The van der Waals surface area contributed by atoms with Gasteiger partial charge in [0.25, 0.3) is 0 Å². The molecule has 0 atom stereocenters. The maximum atomic E-state index is 11.8. The number of methoxy groups -OCH3 is 1. The Morgan fingerprint density at radius 2 is 2.24 bits per heavy atom. The lowest BCUT2D eigenvalue weighted by Crippen LogP contribution is -2.07. The molecule has 2 rings (SSSR count). The minimum absolute atomic E-state index is 0.330. The summed E-state index contributed by atoms with van der Waals surface area (Å²) in [5.74, 6) is -0.791. The molecule has 8 heteroatoms. The van der Waals surface area contributed by atoms with Gasteiger partial charge < -0.3 is 4.74 Å². The molecular formula is C13H14N4O3S. The van der Waals surface area contributed by atoms with Crippen molar-refractivity contribution < 1.29 is 14.3 Å². The Morgan fingerprint density at radius 1 is 1.48 bits per heavy atom. The summed E-state index contributed by atoms with van der Waals surface area (Å²) in [5, 5.41) is 6.96. The van der Waals surface area contributed by atoms with E-state index in [1.165, 1.54) is 13.2 Å². The van der Waals surface area contributed by atoms with E-state index in [-0.39, 0.29) is 5.91 Å². The number of aromatic nitrogens is 3. The van der Waals surface area contributed by atoms with Crippen molar-refractivity contribution in [2.75, 3.05) is 12.4 Å². The van der Waals surface area contributed by atoms with Gasteiger partial charge in [0.15, 0.2) is 5.13 Å². The van der Waals surface area contributed by atoms with Gasteiger partial charge in [0.2, 0.25) is 5.91 Å². The van der Waals surface area contributed by atoms with E-state index in [1.54, 1.807) is 37.1 Å². The highest BCUT2D eigenvalue weighted by atomic mass is 32.1. The molecule has 2 heterocycles. The Kier molecular flexibility index (Phi) is 4.49. The molecule has 0 aliphatic heterocycles. The second-order valence-electron chi connectivity index (χ2n) is 4.20. The molecule has 7 nitrogen and oxygen atoms in total. The van der Waals surface area contributed by atoms with Crippen LogP contribution in [-0.2, 0) is 16.6 Å². The van der Waals surface area contributed by atoms with Crippen molar-refractivity contribution in [1.82, 2.24) is 14.8 Å². The molecule has 110 valence electrons. The summed E-state index contributed by atoms with van der Waals surface area (Å²) in [6, 6.07) is 0. The van der Waals surface area contributed by atoms with Gasteiger partial charge >= 0.3 is 5.97 Å². The third-order valence-electron chi connectivity index (χ3n) is 2.55. The van der Waals surface area contributed by atoms with E-state index in [0.717, 1.165) is 16.9 Å². The first-order valence-corrected chi connectivity index (χ1v) is 6.84. The molecule has 0 radical (unpaired) electrons. The van der Waals surface area contributed by atoms with Gasteiger partial charge in [-0.3, -0.25) is 14.8 Å². The molecule has 0 aliphatic rings. The van der Waals surface area contributed by atoms with Gasteiger partial charge in [-0.25, -0.2) is 9.78 Å². The molecule has 2 aromatic rings. The van der Waals surface area contributed by atoms with Crippen LogP contribution in [0.4, 0.5) is 5.13 Å². The smallest absolute Gasteiger partial charge is 0.350 e. The minimum Gasteiger partial charge on any atom is -0.465 e. The molecule has 0 unspecified atom stereocenters. The average Bonchev–Trinajstić information content (AvgIpc) is 3.02. The topological polar surface area (TPSA) is 86.1 Å². The summed E-state index contributed by atoms with van der Waals surface area (Å²) in [5.41, 5.74) is 1.34. The van der Waals surface area contributed by atoms with E-state index >= 15 is 0 Å². The summed E-state index contributed by atoms with van der Waals surface area (Å²) in [6.45, 7) is 1.68. The van der Waals surface area contributed by atoms with Crippen LogP contribution in [0.25, 0.3) is 6.08 Å².